The van der Waals surface area contributed by atoms with Crippen molar-refractivity contribution >= 4 is 11.6 Å². The van der Waals surface area contributed by atoms with E-state index in [-0.39, 0.29) is 30.5 Å². The molecule has 3 atom stereocenters. The number of fused-ring (bicyclic) bond motifs is 3. The zero-order valence-corrected chi connectivity index (χ0v) is 15.5. The Kier molecular flexibility index (Phi) is 5.50. The van der Waals surface area contributed by atoms with E-state index < -0.39 is 0 Å². The second-order valence-electron chi connectivity index (χ2n) is 6.92. The lowest BCUT2D eigenvalue weighted by Gasteiger charge is -2.39. The highest BCUT2D eigenvalue weighted by molar-refractivity contribution is 5.82. The van der Waals surface area contributed by atoms with Crippen LogP contribution in [0.4, 0.5) is 10.1 Å². The molecule has 0 spiro atoms. The Morgan fingerprint density at radius 2 is 2.08 bits per heavy atom. The lowest BCUT2D eigenvalue weighted by atomic mass is 9.73. The summed E-state index contributed by atoms with van der Waals surface area (Å²) in [6.45, 7) is 5.52. The zero-order chi connectivity index (χ0) is 18.0. The molecule has 2 aliphatic rings. The minimum absolute atomic E-state index is 0.0432. The molecule has 25 heavy (non-hydrogen) atoms. The van der Waals surface area contributed by atoms with Crippen molar-refractivity contribution < 1.29 is 13.9 Å². The molecule has 0 N–H and O–H groups in total. The summed E-state index contributed by atoms with van der Waals surface area (Å²) in [5, 5.41) is 0. The number of ether oxygens (including phenoxy) is 1. The monoisotopic (exact) mass is 347 g/mol. The van der Waals surface area contributed by atoms with Crippen LogP contribution >= 0.6 is 0 Å². The van der Waals surface area contributed by atoms with Gasteiger partial charge >= 0.3 is 0 Å². The summed E-state index contributed by atoms with van der Waals surface area (Å²) in [4.78, 5) is 17.3. The maximum Gasteiger partial charge on any atom is 0.226 e. The minimum Gasteiger partial charge on any atom is -0.496 e. The molecule has 2 unspecified atom stereocenters. The number of methoxy groups -OCH3 is 1. The Morgan fingerprint density at radius 1 is 1.32 bits per heavy atom. The molecule has 138 valence electrons. The standard InChI is InChI=1S/C20H29FN2O2/c1-4-22(5-2)20(24)14-8-6-9-15-18(14)19-16(23(15)13-12-21)10-7-11-17(19)25-3/h7,10-11,14-15,18H,4-6,8-9,12-13H2,1-3H3/t14-,15?,18?/m0/s1/i21-1. The number of hydrogen-bond donors (Lipinski definition) is 0. The van der Waals surface area contributed by atoms with Crippen LogP contribution in [0.1, 0.15) is 44.6 Å². The van der Waals surface area contributed by atoms with E-state index in [1.165, 1.54) is 0 Å². The predicted molar refractivity (Wildman–Crippen MR) is 98.1 cm³/mol. The van der Waals surface area contributed by atoms with Gasteiger partial charge in [-0.2, -0.15) is 0 Å². The van der Waals surface area contributed by atoms with E-state index in [0.29, 0.717) is 6.54 Å². The normalized spacial score (nSPS) is 24.6. The van der Waals surface area contributed by atoms with Gasteiger partial charge in [0.25, 0.3) is 0 Å². The molecule has 5 heteroatoms. The second-order valence-corrected chi connectivity index (χ2v) is 6.92. The van der Waals surface area contributed by atoms with Gasteiger partial charge in [-0.05, 0) is 38.8 Å². The quantitative estimate of drug-likeness (QED) is 0.788. The number of rotatable bonds is 6. The molecule has 1 saturated carbocycles. The Labute approximate surface area is 149 Å². The Morgan fingerprint density at radius 3 is 2.72 bits per heavy atom. The lowest BCUT2D eigenvalue weighted by molar-refractivity contribution is -0.137. The highest BCUT2D eigenvalue weighted by Gasteiger charge is 2.48. The van der Waals surface area contributed by atoms with Crippen molar-refractivity contribution in [1.29, 1.82) is 0 Å². The van der Waals surface area contributed by atoms with Gasteiger partial charge in [-0.3, -0.25) is 4.79 Å². The molecule has 1 heterocycles. The first kappa shape index (κ1) is 18.0. The number of alkyl halides is 1. The summed E-state index contributed by atoms with van der Waals surface area (Å²) in [6, 6.07) is 6.16. The predicted octanol–water partition coefficient (Wildman–Crippen LogP) is 3.61. The van der Waals surface area contributed by atoms with Crippen LogP contribution in [0.3, 0.4) is 0 Å². The van der Waals surface area contributed by atoms with Crippen LogP contribution in [0.15, 0.2) is 18.2 Å². The van der Waals surface area contributed by atoms with Crippen molar-refractivity contribution in [3.63, 3.8) is 0 Å². The number of carbonyl (C=O) groups is 1. The first-order chi connectivity index (χ1) is 12.2. The van der Waals surface area contributed by atoms with Crippen LogP contribution < -0.4 is 9.64 Å². The van der Waals surface area contributed by atoms with Crippen LogP contribution in [-0.2, 0) is 4.79 Å². The van der Waals surface area contributed by atoms with Crippen LogP contribution in [-0.4, -0.2) is 50.3 Å². The van der Waals surface area contributed by atoms with Gasteiger partial charge in [0, 0.05) is 48.8 Å². The molecule has 1 aromatic rings. The number of carbonyl (C=O) groups excluding carboxylic acids is 1. The van der Waals surface area contributed by atoms with Crippen LogP contribution in [0.25, 0.3) is 0 Å². The summed E-state index contributed by atoms with van der Waals surface area (Å²) in [7, 11) is 1.67. The van der Waals surface area contributed by atoms with E-state index in [1.54, 1.807) is 7.11 Å². The Hall–Kier alpha value is -1.78. The average Bonchev–Trinajstić information content (AvgIpc) is 2.97. The van der Waals surface area contributed by atoms with Gasteiger partial charge in [0.1, 0.15) is 12.4 Å². The SMILES string of the molecule is CCN(CC)C(=O)[C@H]1CCCC2C1c1c(OC)cccc1N2CC[18F]. The highest BCUT2D eigenvalue weighted by Crippen LogP contribution is 2.53. The number of nitrogens with zero attached hydrogens (tertiary/aromatic N) is 2. The van der Waals surface area contributed by atoms with Crippen molar-refractivity contribution in [2.24, 2.45) is 5.92 Å². The molecule has 1 amide bonds. The van der Waals surface area contributed by atoms with Crippen LogP contribution in [0, 0.1) is 5.92 Å². The molecule has 1 fully saturated rings. The number of amides is 1. The molecule has 1 aromatic carbocycles. The van der Waals surface area contributed by atoms with E-state index in [0.717, 1.165) is 49.4 Å². The second kappa shape index (κ2) is 7.63. The van der Waals surface area contributed by atoms with Crippen molar-refractivity contribution in [2.75, 3.05) is 38.3 Å². The number of benzene rings is 1. The molecular weight excluding hydrogens is 318 g/mol. The van der Waals surface area contributed by atoms with Gasteiger partial charge in [0.15, 0.2) is 0 Å². The fourth-order valence-electron chi connectivity index (χ4n) is 4.82. The Balaban J connectivity index is 2.04. The molecule has 0 bridgehead atoms. The maximum absolute atomic E-state index is 13.2. The van der Waals surface area contributed by atoms with Crippen molar-refractivity contribution in [3.05, 3.63) is 23.8 Å². The van der Waals surface area contributed by atoms with Gasteiger partial charge in [-0.1, -0.05) is 12.5 Å². The van der Waals surface area contributed by atoms with Crippen LogP contribution in [0.5, 0.6) is 5.75 Å². The average molecular weight is 347 g/mol. The van der Waals surface area contributed by atoms with E-state index in [9.17, 15) is 9.18 Å². The number of hydrogen-bond acceptors (Lipinski definition) is 3. The first-order valence-corrected chi connectivity index (χ1v) is 9.46. The van der Waals surface area contributed by atoms with E-state index in [4.69, 9.17) is 4.74 Å². The third-order valence-corrected chi connectivity index (χ3v) is 5.89. The molecular formula is C20H29FN2O2. The third-order valence-electron chi connectivity index (χ3n) is 5.89. The van der Waals surface area contributed by atoms with E-state index in [1.807, 2.05) is 36.9 Å². The molecule has 0 aromatic heterocycles. The maximum atomic E-state index is 13.2. The van der Waals surface area contributed by atoms with Gasteiger partial charge in [-0.25, -0.2) is 4.39 Å². The summed E-state index contributed by atoms with van der Waals surface area (Å²) in [6.07, 6.45) is 2.92. The van der Waals surface area contributed by atoms with Gasteiger partial charge < -0.3 is 14.5 Å². The fraction of sp³-hybridized carbons (Fsp3) is 0.650. The molecule has 0 saturated heterocycles. The smallest absolute Gasteiger partial charge is 0.226 e. The molecule has 1 aliphatic carbocycles. The fourth-order valence-corrected chi connectivity index (χ4v) is 4.82. The van der Waals surface area contributed by atoms with Gasteiger partial charge in [0.2, 0.25) is 5.91 Å². The third kappa shape index (κ3) is 2.98. The topological polar surface area (TPSA) is 32.8 Å². The molecule has 0 radical (unpaired) electrons. The first-order valence-electron chi connectivity index (χ1n) is 9.46. The molecule has 1 aliphatic heterocycles. The summed E-state index contributed by atoms with van der Waals surface area (Å²) >= 11 is 0. The zero-order valence-electron chi connectivity index (χ0n) is 15.5. The van der Waals surface area contributed by atoms with Crippen molar-refractivity contribution in [2.45, 2.75) is 45.1 Å². The van der Waals surface area contributed by atoms with E-state index in [2.05, 4.69) is 4.90 Å². The summed E-state index contributed by atoms with van der Waals surface area (Å²) in [5.74, 6) is 1.12. The summed E-state index contributed by atoms with van der Waals surface area (Å²) in [5.41, 5.74) is 2.15. The van der Waals surface area contributed by atoms with Gasteiger partial charge in [0.05, 0.1) is 7.11 Å². The molecule has 3 rings (SSSR count). The Bertz CT molecular complexity index is 618. The van der Waals surface area contributed by atoms with Crippen LogP contribution in [0.2, 0.25) is 0 Å². The summed E-state index contributed by atoms with van der Waals surface area (Å²) < 4.78 is 18.9. The lowest BCUT2D eigenvalue weighted by Crippen LogP contribution is -2.46. The highest BCUT2D eigenvalue weighted by atomic mass is 18.2. The largest absolute Gasteiger partial charge is 0.496 e. The number of anilines is 1. The van der Waals surface area contributed by atoms with Gasteiger partial charge in [-0.15, -0.1) is 0 Å². The van der Waals surface area contributed by atoms with Crippen molar-refractivity contribution in [1.82, 2.24) is 4.90 Å². The van der Waals surface area contributed by atoms with Crippen molar-refractivity contribution in [3.8, 4) is 5.75 Å². The molecule has 4 nitrogen and oxygen atoms in total. The minimum atomic E-state index is -0.380. The number of halogens is 1. The van der Waals surface area contributed by atoms with E-state index >= 15 is 0 Å².